The average Bonchev–Trinajstić information content (AvgIpc) is 3.17. The van der Waals surface area contributed by atoms with Gasteiger partial charge in [0, 0.05) is 19.7 Å². The fourth-order valence-electron chi connectivity index (χ4n) is 2.81. The number of esters is 1. The largest absolute Gasteiger partial charge is 0.488 e. The van der Waals surface area contributed by atoms with Gasteiger partial charge < -0.3 is 19.4 Å². The summed E-state index contributed by atoms with van der Waals surface area (Å²) in [6.07, 6.45) is 1.69. The Morgan fingerprint density at radius 1 is 1.21 bits per heavy atom. The third-order valence-corrected chi connectivity index (χ3v) is 4.25. The summed E-state index contributed by atoms with van der Waals surface area (Å²) in [5.41, 5.74) is 2.85. The molecule has 28 heavy (non-hydrogen) atoms. The van der Waals surface area contributed by atoms with Gasteiger partial charge in [0.25, 0.3) is 0 Å². The number of aromatic amines is 1. The maximum Gasteiger partial charge on any atom is 0.341 e. The van der Waals surface area contributed by atoms with E-state index in [1.54, 1.807) is 18.2 Å². The molecule has 0 unspecified atom stereocenters. The molecular formula is C22H23N3O3. The summed E-state index contributed by atoms with van der Waals surface area (Å²) in [6, 6.07) is 15.1. The van der Waals surface area contributed by atoms with E-state index in [2.05, 4.69) is 16.5 Å². The smallest absolute Gasteiger partial charge is 0.341 e. The van der Waals surface area contributed by atoms with Crippen molar-refractivity contribution < 1.29 is 14.3 Å². The summed E-state index contributed by atoms with van der Waals surface area (Å²) < 4.78 is 10.8. The Hall–Kier alpha value is -3.54. The molecule has 2 aromatic carbocycles. The van der Waals surface area contributed by atoms with Crippen LogP contribution in [0, 0.1) is 0 Å². The average molecular weight is 377 g/mol. The van der Waals surface area contributed by atoms with Crippen molar-refractivity contribution >= 4 is 17.9 Å². The van der Waals surface area contributed by atoms with Crippen molar-refractivity contribution in [3.8, 4) is 17.1 Å². The van der Waals surface area contributed by atoms with Crippen LogP contribution in [-0.2, 0) is 11.3 Å². The lowest BCUT2D eigenvalue weighted by Crippen LogP contribution is -2.10. The molecule has 0 radical (unpaired) electrons. The van der Waals surface area contributed by atoms with E-state index in [1.165, 1.54) is 7.11 Å². The standard InChI is InChI=1S/C22H23N3O3/c1-5-18-21(25(2)3)24-20(23-18)16-11-12-19(17(13-16)22(26)27-4)28-14-15-9-7-6-8-10-15/h5-13H,1,14H2,2-4H3,(H,23,24). The van der Waals surface area contributed by atoms with Crippen LogP contribution in [0.15, 0.2) is 55.1 Å². The minimum Gasteiger partial charge on any atom is -0.488 e. The first-order valence-electron chi connectivity index (χ1n) is 8.82. The van der Waals surface area contributed by atoms with E-state index in [0.29, 0.717) is 23.7 Å². The summed E-state index contributed by atoms with van der Waals surface area (Å²) in [6.45, 7) is 4.16. The lowest BCUT2D eigenvalue weighted by atomic mass is 10.1. The second-order valence-electron chi connectivity index (χ2n) is 6.39. The Morgan fingerprint density at radius 2 is 1.96 bits per heavy atom. The molecule has 1 aromatic heterocycles. The van der Waals surface area contributed by atoms with E-state index < -0.39 is 5.97 Å². The highest BCUT2D eigenvalue weighted by molar-refractivity contribution is 5.94. The SMILES string of the molecule is C=Cc1nc(-c2ccc(OCc3ccccc3)c(C(=O)OC)c2)[nH]c1N(C)C. The van der Waals surface area contributed by atoms with Crippen molar-refractivity contribution in [2.75, 3.05) is 26.1 Å². The zero-order valence-corrected chi connectivity index (χ0v) is 16.2. The van der Waals surface area contributed by atoms with Gasteiger partial charge in [-0.25, -0.2) is 9.78 Å². The van der Waals surface area contributed by atoms with Crippen LogP contribution in [0.5, 0.6) is 5.75 Å². The van der Waals surface area contributed by atoms with Crippen molar-refractivity contribution in [2.24, 2.45) is 0 Å². The molecule has 0 aliphatic rings. The van der Waals surface area contributed by atoms with Gasteiger partial charge in [-0.05, 0) is 29.8 Å². The highest BCUT2D eigenvalue weighted by Gasteiger charge is 2.17. The van der Waals surface area contributed by atoms with Gasteiger partial charge in [0.05, 0.1) is 7.11 Å². The molecule has 144 valence electrons. The fraction of sp³-hybridized carbons (Fsp3) is 0.182. The second kappa shape index (κ2) is 8.43. The van der Waals surface area contributed by atoms with Crippen molar-refractivity contribution in [3.05, 3.63) is 71.9 Å². The minimum atomic E-state index is -0.465. The molecule has 0 amide bonds. The van der Waals surface area contributed by atoms with Gasteiger partial charge in [-0.2, -0.15) is 0 Å². The van der Waals surface area contributed by atoms with Crippen molar-refractivity contribution in [2.45, 2.75) is 6.61 Å². The Labute approximate surface area is 164 Å². The number of nitrogens with zero attached hydrogens (tertiary/aromatic N) is 2. The number of ether oxygens (including phenoxy) is 2. The number of nitrogens with one attached hydrogen (secondary N) is 1. The number of hydrogen-bond acceptors (Lipinski definition) is 5. The fourth-order valence-corrected chi connectivity index (χ4v) is 2.81. The van der Waals surface area contributed by atoms with Crippen LogP contribution in [0.25, 0.3) is 17.5 Å². The molecule has 0 saturated carbocycles. The molecule has 0 saturated heterocycles. The summed E-state index contributed by atoms with van der Waals surface area (Å²) >= 11 is 0. The topological polar surface area (TPSA) is 67.5 Å². The Bertz CT molecular complexity index is 978. The van der Waals surface area contributed by atoms with Crippen molar-refractivity contribution in [1.82, 2.24) is 9.97 Å². The summed E-state index contributed by atoms with van der Waals surface area (Å²) in [7, 11) is 5.19. The van der Waals surface area contributed by atoms with Gasteiger partial charge in [-0.1, -0.05) is 36.9 Å². The number of imidazole rings is 1. The molecule has 0 atom stereocenters. The highest BCUT2D eigenvalue weighted by Crippen LogP contribution is 2.29. The predicted octanol–water partition coefficient (Wildman–Crippen LogP) is 4.15. The Balaban J connectivity index is 1.94. The summed E-state index contributed by atoms with van der Waals surface area (Å²) in [5, 5.41) is 0. The van der Waals surface area contributed by atoms with Crippen LogP contribution in [0.3, 0.4) is 0 Å². The quantitative estimate of drug-likeness (QED) is 0.627. The molecule has 0 aliphatic heterocycles. The third-order valence-electron chi connectivity index (χ3n) is 4.25. The Kier molecular flexibility index (Phi) is 5.79. The number of hydrogen-bond donors (Lipinski definition) is 1. The van der Waals surface area contributed by atoms with Gasteiger partial charge >= 0.3 is 5.97 Å². The first kappa shape index (κ1) is 19.2. The maximum absolute atomic E-state index is 12.3. The van der Waals surface area contributed by atoms with E-state index in [9.17, 15) is 4.79 Å². The van der Waals surface area contributed by atoms with Crippen LogP contribution in [0.2, 0.25) is 0 Å². The molecule has 1 heterocycles. The number of aromatic nitrogens is 2. The number of methoxy groups -OCH3 is 1. The van der Waals surface area contributed by atoms with Crippen LogP contribution in [-0.4, -0.2) is 37.1 Å². The lowest BCUT2D eigenvalue weighted by molar-refractivity contribution is 0.0595. The summed E-state index contributed by atoms with van der Waals surface area (Å²) in [4.78, 5) is 22.1. The third kappa shape index (κ3) is 4.06. The predicted molar refractivity (Wildman–Crippen MR) is 111 cm³/mol. The molecular weight excluding hydrogens is 354 g/mol. The maximum atomic E-state index is 12.3. The van der Waals surface area contributed by atoms with Gasteiger partial charge in [-0.3, -0.25) is 0 Å². The highest BCUT2D eigenvalue weighted by atomic mass is 16.5. The number of rotatable bonds is 7. The number of benzene rings is 2. The van der Waals surface area contributed by atoms with E-state index in [0.717, 1.165) is 22.6 Å². The molecule has 6 heteroatoms. The first-order valence-corrected chi connectivity index (χ1v) is 8.82. The first-order chi connectivity index (χ1) is 13.5. The molecule has 1 N–H and O–H groups in total. The van der Waals surface area contributed by atoms with Gasteiger partial charge in [0.2, 0.25) is 0 Å². The van der Waals surface area contributed by atoms with Crippen LogP contribution < -0.4 is 9.64 Å². The molecule has 0 fully saturated rings. The lowest BCUT2D eigenvalue weighted by Gasteiger charge is -2.12. The second-order valence-corrected chi connectivity index (χ2v) is 6.39. The summed E-state index contributed by atoms with van der Waals surface area (Å²) in [5.74, 6) is 1.48. The van der Waals surface area contributed by atoms with Crippen LogP contribution in [0.1, 0.15) is 21.6 Å². The monoisotopic (exact) mass is 377 g/mol. The molecule has 0 bridgehead atoms. The number of anilines is 1. The van der Waals surface area contributed by atoms with Gasteiger partial charge in [0.15, 0.2) is 0 Å². The normalized spacial score (nSPS) is 10.4. The molecule has 0 spiro atoms. The van der Waals surface area contributed by atoms with E-state index in [-0.39, 0.29) is 0 Å². The molecule has 6 nitrogen and oxygen atoms in total. The minimum absolute atomic E-state index is 0.346. The van der Waals surface area contributed by atoms with E-state index in [4.69, 9.17) is 9.47 Å². The number of H-pyrrole nitrogens is 1. The molecule has 3 rings (SSSR count). The van der Waals surface area contributed by atoms with E-state index in [1.807, 2.05) is 55.4 Å². The number of carbonyl (C=O) groups excluding carboxylic acids is 1. The molecule has 0 aliphatic carbocycles. The number of carbonyl (C=O) groups is 1. The van der Waals surface area contributed by atoms with E-state index >= 15 is 0 Å². The van der Waals surface area contributed by atoms with Crippen molar-refractivity contribution in [3.63, 3.8) is 0 Å². The van der Waals surface area contributed by atoms with Crippen LogP contribution in [0.4, 0.5) is 5.82 Å². The van der Waals surface area contributed by atoms with Gasteiger partial charge in [-0.15, -0.1) is 0 Å². The zero-order chi connectivity index (χ0) is 20.1. The van der Waals surface area contributed by atoms with Crippen molar-refractivity contribution in [1.29, 1.82) is 0 Å². The molecule has 3 aromatic rings. The van der Waals surface area contributed by atoms with Gasteiger partial charge in [0.1, 0.15) is 35.3 Å². The Morgan fingerprint density at radius 3 is 2.57 bits per heavy atom. The van der Waals surface area contributed by atoms with Crippen LogP contribution >= 0.6 is 0 Å². The zero-order valence-electron chi connectivity index (χ0n) is 16.2.